The number of hydrogen-bond acceptors (Lipinski definition) is 3. The Labute approximate surface area is 122 Å². The Morgan fingerprint density at radius 2 is 1.55 bits per heavy atom. The molecule has 1 N–H and O–H groups in total. The van der Waals surface area contributed by atoms with E-state index in [1.807, 2.05) is 0 Å². The van der Waals surface area contributed by atoms with Gasteiger partial charge in [0.1, 0.15) is 11.3 Å². The van der Waals surface area contributed by atoms with Crippen molar-refractivity contribution in [3.05, 3.63) is 23.2 Å². The van der Waals surface area contributed by atoms with Crippen LogP contribution in [0.1, 0.15) is 78.1 Å². The van der Waals surface area contributed by atoms with E-state index in [1.165, 1.54) is 51.4 Å². The van der Waals surface area contributed by atoms with Crippen molar-refractivity contribution in [2.24, 2.45) is 0 Å². The van der Waals surface area contributed by atoms with E-state index in [0.29, 0.717) is 11.3 Å². The molecule has 0 aliphatic carbocycles. The van der Waals surface area contributed by atoms with E-state index >= 15 is 0 Å². The summed E-state index contributed by atoms with van der Waals surface area (Å²) < 4.78 is 4.85. The van der Waals surface area contributed by atoms with Gasteiger partial charge in [0, 0.05) is 0 Å². The molecule has 0 saturated carbocycles. The average Bonchev–Trinajstić information content (AvgIpc) is 2.67. The molecule has 0 aromatic heterocycles. The highest BCUT2D eigenvalue weighted by molar-refractivity contribution is 5.96. The molecule has 3 heteroatoms. The third-order valence-electron chi connectivity index (χ3n) is 3.71. The number of rotatable bonds is 10. The van der Waals surface area contributed by atoms with Gasteiger partial charge >= 0.3 is 5.97 Å². The number of unbranched alkanes of at least 4 members (excludes halogenated alkanes) is 9. The molecule has 0 bridgehead atoms. The second-order valence-electron chi connectivity index (χ2n) is 5.53. The number of ether oxygens (including phenoxy) is 1. The fraction of sp³-hybridized carbons (Fsp3) is 0.706. The van der Waals surface area contributed by atoms with Gasteiger partial charge in [0.05, 0.1) is 0 Å². The van der Waals surface area contributed by atoms with Crippen molar-refractivity contribution in [2.75, 3.05) is 0 Å². The first kappa shape index (κ1) is 16.8. The molecular formula is C17H28O3. The topological polar surface area (TPSA) is 46.5 Å². The van der Waals surface area contributed by atoms with Crippen LogP contribution in [0, 0.1) is 0 Å². The fourth-order valence-corrected chi connectivity index (χ4v) is 2.41. The average molecular weight is 280 g/mol. The summed E-state index contributed by atoms with van der Waals surface area (Å²) in [5, 5.41) is 9.64. The number of hydrogen-bond donors (Lipinski definition) is 1. The summed E-state index contributed by atoms with van der Waals surface area (Å²) in [6.07, 6.45) is 14.2. The molecule has 114 valence electrons. The van der Waals surface area contributed by atoms with Crippen LogP contribution in [-0.4, -0.2) is 11.1 Å². The van der Waals surface area contributed by atoms with E-state index in [2.05, 4.69) is 6.92 Å². The molecule has 3 nitrogen and oxygen atoms in total. The Kier molecular flexibility index (Phi) is 8.08. The van der Waals surface area contributed by atoms with E-state index in [9.17, 15) is 9.90 Å². The zero-order valence-corrected chi connectivity index (χ0v) is 12.9. The van der Waals surface area contributed by atoms with Gasteiger partial charge in [-0.1, -0.05) is 64.4 Å². The molecule has 1 heterocycles. The standard InChI is InChI=1S/C17H28O3/c1-3-4-5-6-7-8-9-10-11-12-13-15-16(18)14(2)20-17(15)19/h13,18H,3-12H2,1-2H3. The Morgan fingerprint density at radius 3 is 2.05 bits per heavy atom. The molecule has 0 fully saturated rings. The van der Waals surface area contributed by atoms with Gasteiger partial charge < -0.3 is 9.84 Å². The predicted octanol–water partition coefficient (Wildman–Crippen LogP) is 5.18. The van der Waals surface area contributed by atoms with Gasteiger partial charge in [0.2, 0.25) is 0 Å². The van der Waals surface area contributed by atoms with Crippen LogP contribution in [0.2, 0.25) is 0 Å². The summed E-state index contributed by atoms with van der Waals surface area (Å²) in [5.41, 5.74) is 0.335. The number of aliphatic hydroxyl groups is 1. The maximum atomic E-state index is 11.4. The van der Waals surface area contributed by atoms with Crippen molar-refractivity contribution in [2.45, 2.75) is 78.1 Å². The maximum absolute atomic E-state index is 11.4. The monoisotopic (exact) mass is 280 g/mol. The van der Waals surface area contributed by atoms with Gasteiger partial charge in [-0.15, -0.1) is 0 Å². The minimum atomic E-state index is -0.420. The number of carbonyl (C=O) groups excluding carboxylic acids is 1. The summed E-state index contributed by atoms with van der Waals surface area (Å²) in [6, 6.07) is 0. The zero-order valence-electron chi connectivity index (χ0n) is 12.9. The van der Waals surface area contributed by atoms with E-state index in [4.69, 9.17) is 4.74 Å². The number of allylic oxidation sites excluding steroid dienone is 2. The normalized spacial score (nSPS) is 17.1. The largest absolute Gasteiger partial charge is 0.504 e. The van der Waals surface area contributed by atoms with Gasteiger partial charge in [-0.3, -0.25) is 0 Å². The summed E-state index contributed by atoms with van der Waals surface area (Å²) in [6.45, 7) is 3.84. The zero-order chi connectivity index (χ0) is 14.8. The van der Waals surface area contributed by atoms with Crippen LogP contribution in [0.5, 0.6) is 0 Å². The van der Waals surface area contributed by atoms with Crippen LogP contribution in [-0.2, 0) is 9.53 Å². The Bertz CT molecular complexity index is 366. The summed E-state index contributed by atoms with van der Waals surface area (Å²) in [4.78, 5) is 11.4. The van der Waals surface area contributed by atoms with Crippen molar-refractivity contribution < 1.29 is 14.6 Å². The number of aliphatic hydroxyl groups excluding tert-OH is 1. The molecule has 0 amide bonds. The summed E-state index contributed by atoms with van der Waals surface area (Å²) in [7, 11) is 0. The molecule has 0 aromatic rings. The van der Waals surface area contributed by atoms with Crippen molar-refractivity contribution in [3.8, 4) is 0 Å². The lowest BCUT2D eigenvalue weighted by Gasteiger charge is -2.01. The van der Waals surface area contributed by atoms with Gasteiger partial charge in [-0.05, 0) is 19.8 Å². The van der Waals surface area contributed by atoms with Crippen molar-refractivity contribution >= 4 is 5.97 Å². The van der Waals surface area contributed by atoms with Gasteiger partial charge in [0.25, 0.3) is 0 Å². The Hall–Kier alpha value is -1.25. The summed E-state index contributed by atoms with van der Waals surface area (Å²) in [5.74, 6) is -0.102. The fourth-order valence-electron chi connectivity index (χ4n) is 2.41. The smallest absolute Gasteiger partial charge is 0.346 e. The molecule has 0 saturated heterocycles. The molecule has 1 rings (SSSR count). The number of cyclic esters (lactones) is 1. The van der Waals surface area contributed by atoms with E-state index in [-0.39, 0.29) is 5.76 Å². The molecular weight excluding hydrogens is 252 g/mol. The van der Waals surface area contributed by atoms with Crippen LogP contribution >= 0.6 is 0 Å². The Balaban J connectivity index is 2.04. The molecule has 0 radical (unpaired) electrons. The second-order valence-corrected chi connectivity index (χ2v) is 5.53. The van der Waals surface area contributed by atoms with Crippen LogP contribution in [0.25, 0.3) is 0 Å². The van der Waals surface area contributed by atoms with E-state index in [0.717, 1.165) is 12.8 Å². The quantitative estimate of drug-likeness (QED) is 0.341. The van der Waals surface area contributed by atoms with Crippen molar-refractivity contribution in [3.63, 3.8) is 0 Å². The molecule has 20 heavy (non-hydrogen) atoms. The lowest BCUT2D eigenvalue weighted by molar-refractivity contribution is -0.133. The number of carbonyl (C=O) groups is 1. The predicted molar refractivity (Wildman–Crippen MR) is 81.3 cm³/mol. The third-order valence-corrected chi connectivity index (χ3v) is 3.71. The highest BCUT2D eigenvalue weighted by Crippen LogP contribution is 2.24. The molecule has 1 aliphatic heterocycles. The van der Waals surface area contributed by atoms with Crippen LogP contribution in [0.15, 0.2) is 23.2 Å². The van der Waals surface area contributed by atoms with E-state index < -0.39 is 5.97 Å². The lowest BCUT2D eigenvalue weighted by atomic mass is 10.1. The van der Waals surface area contributed by atoms with Gasteiger partial charge in [0.15, 0.2) is 5.76 Å². The van der Waals surface area contributed by atoms with Crippen LogP contribution < -0.4 is 0 Å². The first-order valence-electron chi connectivity index (χ1n) is 7.99. The lowest BCUT2D eigenvalue weighted by Crippen LogP contribution is -1.98. The van der Waals surface area contributed by atoms with Crippen LogP contribution in [0.3, 0.4) is 0 Å². The first-order valence-corrected chi connectivity index (χ1v) is 7.99. The Morgan fingerprint density at radius 1 is 1.00 bits per heavy atom. The van der Waals surface area contributed by atoms with Crippen molar-refractivity contribution in [1.29, 1.82) is 0 Å². The van der Waals surface area contributed by atoms with Gasteiger partial charge in [-0.2, -0.15) is 0 Å². The highest BCUT2D eigenvalue weighted by atomic mass is 16.5. The maximum Gasteiger partial charge on any atom is 0.346 e. The first-order chi connectivity index (χ1) is 9.66. The molecule has 1 aliphatic rings. The highest BCUT2D eigenvalue weighted by Gasteiger charge is 2.26. The molecule has 0 aromatic carbocycles. The second kappa shape index (κ2) is 9.62. The molecule has 0 atom stereocenters. The SMILES string of the molecule is CCCCCCCCCCCC=C1C(=O)OC(C)=C1O. The van der Waals surface area contributed by atoms with Crippen molar-refractivity contribution in [1.82, 2.24) is 0 Å². The molecule has 0 spiro atoms. The third kappa shape index (κ3) is 5.81. The minimum absolute atomic E-state index is 0.00549. The van der Waals surface area contributed by atoms with Gasteiger partial charge in [-0.25, -0.2) is 4.79 Å². The van der Waals surface area contributed by atoms with E-state index in [1.54, 1.807) is 13.0 Å². The minimum Gasteiger partial charge on any atom is -0.504 e. The number of esters is 1. The molecule has 0 unspecified atom stereocenters. The summed E-state index contributed by atoms with van der Waals surface area (Å²) >= 11 is 0. The van der Waals surface area contributed by atoms with Crippen LogP contribution in [0.4, 0.5) is 0 Å².